The molecule has 0 aromatic carbocycles. The van der Waals surface area contributed by atoms with E-state index >= 15 is 0 Å². The summed E-state index contributed by atoms with van der Waals surface area (Å²) in [6, 6.07) is 0. The van der Waals surface area contributed by atoms with Crippen LogP contribution < -0.4 is 5.73 Å². The molecule has 0 aliphatic rings. The summed E-state index contributed by atoms with van der Waals surface area (Å²) in [5, 5.41) is -0.639. The van der Waals surface area contributed by atoms with Crippen LogP contribution in [0.3, 0.4) is 0 Å². The molecule has 0 saturated heterocycles. The number of nitrogens with two attached hydrogens (primary N) is 1. The van der Waals surface area contributed by atoms with Gasteiger partial charge in [0.25, 0.3) is 5.24 Å². The van der Waals surface area contributed by atoms with Gasteiger partial charge in [-0.25, -0.2) is 0 Å². The number of hydrogen-bond acceptors (Lipinski definition) is 1. The first kappa shape index (κ1) is 15.7. The number of thiol groups is 1. The number of carbonyl (C=O) groups is 1. The van der Waals surface area contributed by atoms with Gasteiger partial charge in [0.2, 0.25) is 0 Å². The van der Waals surface area contributed by atoms with Crippen LogP contribution in [0.25, 0.3) is 0 Å². The molecule has 0 aliphatic heterocycles. The molecular weight excluding hydrogens is 122 g/mol. The van der Waals surface area contributed by atoms with Crippen molar-refractivity contribution in [1.29, 1.82) is 0 Å². The summed E-state index contributed by atoms with van der Waals surface area (Å²) in [6.07, 6.45) is 0. The molecule has 7 heavy (non-hydrogen) atoms. The van der Waals surface area contributed by atoms with Gasteiger partial charge in [-0.05, 0) is 0 Å². The molecule has 0 saturated carbocycles. The van der Waals surface area contributed by atoms with E-state index in [1.54, 1.807) is 0 Å². The number of primary amides is 1. The summed E-state index contributed by atoms with van der Waals surface area (Å²) in [4.78, 5) is 9.09. The second kappa shape index (κ2) is 16.2. The van der Waals surface area contributed by atoms with Gasteiger partial charge in [0.05, 0.1) is 0 Å². The number of hydrogen-bond donors (Lipinski definition) is 2. The third-order valence-corrected chi connectivity index (χ3v) is 0. The maximum Gasteiger partial charge on any atom is 2.00 e. The van der Waals surface area contributed by atoms with E-state index in [4.69, 9.17) is 4.79 Å². The Kier molecular flexibility index (Phi) is 36.3. The standard InChI is InChI=1S/C2H4.CH3NOS.Mg.2H/c1-2;2-1(3)4;;;/h1-2H2;(H3,2,3,4);;;/q;;+2;2*-1. The molecule has 40 valence electrons. The molecule has 0 fully saturated rings. The molecule has 0 unspecified atom stereocenters. The third-order valence-electron chi connectivity index (χ3n) is 0. The van der Waals surface area contributed by atoms with E-state index in [1.807, 2.05) is 0 Å². The Balaban J connectivity index is -0.00000000990. The summed E-state index contributed by atoms with van der Waals surface area (Å²) in [5.74, 6) is 0. The van der Waals surface area contributed by atoms with E-state index in [0.29, 0.717) is 0 Å². The van der Waals surface area contributed by atoms with Gasteiger partial charge >= 0.3 is 23.1 Å². The van der Waals surface area contributed by atoms with Crippen molar-refractivity contribution in [3.8, 4) is 0 Å². The zero-order chi connectivity index (χ0) is 5.58. The predicted molar refractivity (Wildman–Crippen MR) is 37.8 cm³/mol. The third kappa shape index (κ3) is 1110. The molecule has 0 spiro atoms. The molecule has 0 aromatic rings. The van der Waals surface area contributed by atoms with Crippen LogP contribution in [0.5, 0.6) is 0 Å². The molecule has 0 atom stereocenters. The Morgan fingerprint density at radius 2 is 1.71 bits per heavy atom. The molecule has 0 bridgehead atoms. The summed E-state index contributed by atoms with van der Waals surface area (Å²) >= 11 is 3.10. The normalized spacial score (nSPS) is 4.14. The monoisotopic (exact) mass is 131 g/mol. The average molecular weight is 131 g/mol. The van der Waals surface area contributed by atoms with Crippen molar-refractivity contribution in [2.24, 2.45) is 5.73 Å². The summed E-state index contributed by atoms with van der Waals surface area (Å²) in [6.45, 7) is 6.00. The van der Waals surface area contributed by atoms with Gasteiger partial charge in [-0.1, -0.05) is 12.6 Å². The minimum absolute atomic E-state index is 0. The fourth-order valence-corrected chi connectivity index (χ4v) is 0. The Hall–Kier alpha value is 0.326. The second-order valence-electron chi connectivity index (χ2n) is 0.338. The van der Waals surface area contributed by atoms with Crippen molar-refractivity contribution < 1.29 is 7.65 Å². The van der Waals surface area contributed by atoms with Crippen LogP contribution in [0.1, 0.15) is 2.85 Å². The first-order valence-electron chi connectivity index (χ1n) is 1.22. The van der Waals surface area contributed by atoms with Gasteiger partial charge in [0.15, 0.2) is 0 Å². The van der Waals surface area contributed by atoms with Gasteiger partial charge in [-0.3, -0.25) is 4.79 Å². The van der Waals surface area contributed by atoms with Crippen LogP contribution in [0.15, 0.2) is 13.2 Å². The number of carbonyl (C=O) groups excluding carboxylic acids is 1. The fraction of sp³-hybridized carbons (Fsp3) is 0. The topological polar surface area (TPSA) is 43.1 Å². The first-order chi connectivity index (χ1) is 2.73. The Bertz CT molecular complexity index is 53.1. The zero-order valence-corrected chi connectivity index (χ0v) is 6.36. The molecule has 0 radical (unpaired) electrons. The minimum atomic E-state index is -0.639. The summed E-state index contributed by atoms with van der Waals surface area (Å²) in [5.41, 5.74) is 4.34. The number of amides is 1. The Morgan fingerprint density at radius 1 is 1.71 bits per heavy atom. The van der Waals surface area contributed by atoms with Crippen LogP contribution in [0, 0.1) is 0 Å². The van der Waals surface area contributed by atoms with Gasteiger partial charge in [0, 0.05) is 0 Å². The van der Waals surface area contributed by atoms with Gasteiger partial charge in [-0.2, -0.15) is 0 Å². The minimum Gasteiger partial charge on any atom is -1.00 e. The summed E-state index contributed by atoms with van der Waals surface area (Å²) in [7, 11) is 0. The molecule has 0 heterocycles. The van der Waals surface area contributed by atoms with Crippen molar-refractivity contribution in [2.45, 2.75) is 0 Å². The van der Waals surface area contributed by atoms with Crippen LogP contribution >= 0.6 is 12.6 Å². The fourth-order valence-electron chi connectivity index (χ4n) is 0. The predicted octanol–water partition coefficient (Wildman–Crippen LogP) is 0.641. The molecular formula is C3H9MgNOS. The van der Waals surface area contributed by atoms with Crippen molar-refractivity contribution in [2.75, 3.05) is 0 Å². The van der Waals surface area contributed by atoms with Crippen molar-refractivity contribution in [3.63, 3.8) is 0 Å². The van der Waals surface area contributed by atoms with E-state index in [1.165, 1.54) is 0 Å². The molecule has 2 nitrogen and oxygen atoms in total. The maximum absolute atomic E-state index is 9.09. The smallest absolute Gasteiger partial charge is 1.00 e. The molecule has 4 heteroatoms. The SMILES string of the molecule is C=C.NC(=O)S.[H-].[H-].[Mg+2]. The van der Waals surface area contributed by atoms with E-state index in [2.05, 4.69) is 31.5 Å². The number of rotatable bonds is 0. The molecule has 2 N–H and O–H groups in total. The van der Waals surface area contributed by atoms with Gasteiger partial charge < -0.3 is 8.59 Å². The maximum atomic E-state index is 9.09. The second-order valence-corrected chi connectivity index (χ2v) is 0.779. The van der Waals surface area contributed by atoms with E-state index in [0.717, 1.165) is 0 Å². The van der Waals surface area contributed by atoms with Gasteiger partial charge in [0.1, 0.15) is 0 Å². The Labute approximate surface area is 67.7 Å². The van der Waals surface area contributed by atoms with E-state index in [9.17, 15) is 0 Å². The molecule has 1 amide bonds. The average Bonchev–Trinajstić information content (AvgIpc) is 1.41. The zero-order valence-electron chi connectivity index (χ0n) is 6.05. The van der Waals surface area contributed by atoms with Gasteiger partial charge in [-0.15, -0.1) is 13.2 Å². The Morgan fingerprint density at radius 3 is 1.71 bits per heavy atom. The quantitative estimate of drug-likeness (QED) is 0.283. The molecule has 0 rings (SSSR count). The van der Waals surface area contributed by atoms with E-state index < -0.39 is 5.24 Å². The van der Waals surface area contributed by atoms with Crippen LogP contribution in [-0.2, 0) is 0 Å². The molecule has 0 aromatic heterocycles. The van der Waals surface area contributed by atoms with Crippen LogP contribution in [-0.4, -0.2) is 28.3 Å². The van der Waals surface area contributed by atoms with E-state index in [-0.39, 0.29) is 25.9 Å². The summed E-state index contributed by atoms with van der Waals surface area (Å²) < 4.78 is 0. The van der Waals surface area contributed by atoms with Crippen molar-refractivity contribution in [1.82, 2.24) is 0 Å². The largest absolute Gasteiger partial charge is 2.00 e. The van der Waals surface area contributed by atoms with Crippen molar-refractivity contribution in [3.05, 3.63) is 13.2 Å². The van der Waals surface area contributed by atoms with Crippen molar-refractivity contribution >= 4 is 40.9 Å². The first-order valence-corrected chi connectivity index (χ1v) is 1.66. The van der Waals surface area contributed by atoms with Crippen LogP contribution in [0.2, 0.25) is 0 Å². The van der Waals surface area contributed by atoms with Crippen LogP contribution in [0.4, 0.5) is 4.79 Å². The molecule has 0 aliphatic carbocycles.